The number of nitrogens with zero attached hydrogens (tertiary/aromatic N) is 1. The number of fused-ring (bicyclic) bond motifs is 3. The molecule has 2 heterocycles. The van der Waals surface area contributed by atoms with E-state index in [1.54, 1.807) is 10.8 Å². The molecular weight excluding hydrogens is 362 g/mol. The van der Waals surface area contributed by atoms with Crippen molar-refractivity contribution in [2.24, 2.45) is 0 Å². The molecule has 4 nitrogen and oxygen atoms in total. The minimum atomic E-state index is -0.122. The summed E-state index contributed by atoms with van der Waals surface area (Å²) in [7, 11) is 0. The van der Waals surface area contributed by atoms with Crippen LogP contribution < -0.4 is 10.3 Å². The largest absolute Gasteiger partial charge is 0.489 e. The number of ether oxygens (including phenoxy) is 1. The van der Waals surface area contributed by atoms with Gasteiger partial charge in [-0.15, -0.1) is 0 Å². The molecule has 0 aliphatic heterocycles. The summed E-state index contributed by atoms with van der Waals surface area (Å²) >= 11 is 0. The lowest BCUT2D eigenvalue weighted by Crippen LogP contribution is -2.16. The van der Waals surface area contributed by atoms with Gasteiger partial charge in [0.25, 0.3) is 5.56 Å². The molecule has 1 aliphatic carbocycles. The van der Waals surface area contributed by atoms with Crippen LogP contribution in [0.2, 0.25) is 0 Å². The first kappa shape index (κ1) is 17.8. The van der Waals surface area contributed by atoms with E-state index < -0.39 is 0 Å². The van der Waals surface area contributed by atoms with E-state index in [1.807, 2.05) is 48.5 Å². The van der Waals surface area contributed by atoms with Gasteiger partial charge in [-0.2, -0.15) is 0 Å². The third kappa shape index (κ3) is 3.58. The van der Waals surface area contributed by atoms with Gasteiger partial charge in [0.05, 0.1) is 5.69 Å². The third-order valence-electron chi connectivity index (χ3n) is 5.61. The molecule has 1 aliphatic rings. The van der Waals surface area contributed by atoms with Crippen LogP contribution in [0.4, 0.5) is 0 Å². The molecule has 0 spiro atoms. The van der Waals surface area contributed by atoms with Crippen LogP contribution in [-0.4, -0.2) is 4.57 Å². The van der Waals surface area contributed by atoms with Gasteiger partial charge in [-0.1, -0.05) is 36.8 Å². The minimum Gasteiger partial charge on any atom is -0.489 e. The van der Waals surface area contributed by atoms with Gasteiger partial charge in [0.1, 0.15) is 23.7 Å². The van der Waals surface area contributed by atoms with E-state index in [2.05, 4.69) is 6.07 Å². The van der Waals surface area contributed by atoms with Crippen molar-refractivity contribution in [2.75, 3.05) is 0 Å². The topological polar surface area (TPSA) is 44.4 Å². The Hall–Kier alpha value is -3.27. The van der Waals surface area contributed by atoms with E-state index in [4.69, 9.17) is 9.15 Å². The Kier molecular flexibility index (Phi) is 4.68. The molecule has 0 bridgehead atoms. The van der Waals surface area contributed by atoms with Crippen LogP contribution in [0.3, 0.4) is 0 Å². The fourth-order valence-corrected chi connectivity index (χ4v) is 4.08. The number of aromatic nitrogens is 1. The van der Waals surface area contributed by atoms with Crippen molar-refractivity contribution >= 4 is 11.0 Å². The van der Waals surface area contributed by atoms with Crippen molar-refractivity contribution in [3.05, 3.63) is 94.1 Å². The second-order valence-corrected chi connectivity index (χ2v) is 7.59. The fraction of sp³-hybridized carbons (Fsp3) is 0.240. The molecule has 0 N–H and O–H groups in total. The Morgan fingerprint density at radius 2 is 1.79 bits per heavy atom. The SMILES string of the molecule is O=c1cc(OCc2ccccc2)ccn1-c1ccc2c3c(oc2c1)CCCCC3. The first-order chi connectivity index (χ1) is 14.3. The zero-order valence-corrected chi connectivity index (χ0v) is 16.3. The molecule has 0 radical (unpaired) electrons. The summed E-state index contributed by atoms with van der Waals surface area (Å²) in [5.41, 5.74) is 3.97. The fourth-order valence-electron chi connectivity index (χ4n) is 4.08. The molecule has 0 amide bonds. The van der Waals surface area contributed by atoms with E-state index in [-0.39, 0.29) is 5.56 Å². The second-order valence-electron chi connectivity index (χ2n) is 7.59. The number of rotatable bonds is 4. The molecule has 0 unspecified atom stereocenters. The normalized spacial score (nSPS) is 13.8. The van der Waals surface area contributed by atoms with Crippen molar-refractivity contribution in [1.82, 2.24) is 4.57 Å². The predicted octanol–water partition coefficient (Wildman–Crippen LogP) is 5.43. The van der Waals surface area contributed by atoms with Crippen molar-refractivity contribution in [1.29, 1.82) is 0 Å². The van der Waals surface area contributed by atoms with E-state index >= 15 is 0 Å². The molecular formula is C25H23NO3. The lowest BCUT2D eigenvalue weighted by atomic mass is 10.1. The summed E-state index contributed by atoms with van der Waals surface area (Å²) in [6.07, 6.45) is 7.51. The van der Waals surface area contributed by atoms with Crippen molar-refractivity contribution in [3.8, 4) is 11.4 Å². The molecule has 5 rings (SSSR count). The zero-order valence-electron chi connectivity index (χ0n) is 16.3. The number of hydrogen-bond acceptors (Lipinski definition) is 3. The van der Waals surface area contributed by atoms with Crippen molar-refractivity contribution in [2.45, 2.75) is 38.7 Å². The highest BCUT2D eigenvalue weighted by molar-refractivity contribution is 5.84. The lowest BCUT2D eigenvalue weighted by molar-refractivity contribution is 0.305. The lowest BCUT2D eigenvalue weighted by Gasteiger charge is -2.09. The summed E-state index contributed by atoms with van der Waals surface area (Å²) in [6.45, 7) is 0.439. The Balaban J connectivity index is 1.41. The van der Waals surface area contributed by atoms with Gasteiger partial charge in [-0.3, -0.25) is 9.36 Å². The van der Waals surface area contributed by atoms with Crippen LogP contribution in [0, 0.1) is 0 Å². The third-order valence-corrected chi connectivity index (χ3v) is 5.61. The number of pyridine rings is 1. The van der Waals surface area contributed by atoms with Crippen LogP contribution in [-0.2, 0) is 19.4 Å². The first-order valence-corrected chi connectivity index (χ1v) is 10.2. The minimum absolute atomic E-state index is 0.122. The van der Waals surface area contributed by atoms with Gasteiger partial charge < -0.3 is 9.15 Å². The number of benzene rings is 2. The van der Waals surface area contributed by atoms with Gasteiger partial charge in [0.2, 0.25) is 0 Å². The van der Waals surface area contributed by atoms with Gasteiger partial charge in [-0.25, -0.2) is 0 Å². The molecule has 0 atom stereocenters. The summed E-state index contributed by atoms with van der Waals surface area (Å²) in [6, 6.07) is 19.3. The molecule has 4 heteroatoms. The van der Waals surface area contributed by atoms with Crippen LogP contribution >= 0.6 is 0 Å². The van der Waals surface area contributed by atoms with Crippen molar-refractivity contribution in [3.63, 3.8) is 0 Å². The van der Waals surface area contributed by atoms with Crippen LogP contribution in [0.25, 0.3) is 16.7 Å². The predicted molar refractivity (Wildman–Crippen MR) is 114 cm³/mol. The molecule has 2 aromatic heterocycles. The Labute approximate surface area is 169 Å². The summed E-state index contributed by atoms with van der Waals surface area (Å²) in [4.78, 5) is 12.7. The highest BCUT2D eigenvalue weighted by Crippen LogP contribution is 2.32. The molecule has 0 saturated heterocycles. The molecule has 0 saturated carbocycles. The quantitative estimate of drug-likeness (QED) is 0.440. The maximum absolute atomic E-state index is 12.7. The highest BCUT2D eigenvalue weighted by Gasteiger charge is 2.17. The Morgan fingerprint density at radius 1 is 0.931 bits per heavy atom. The highest BCUT2D eigenvalue weighted by atomic mass is 16.5. The monoisotopic (exact) mass is 385 g/mol. The van der Waals surface area contributed by atoms with Crippen LogP contribution in [0.15, 0.2) is 76.1 Å². The molecule has 2 aromatic carbocycles. The van der Waals surface area contributed by atoms with E-state index in [0.29, 0.717) is 12.4 Å². The second kappa shape index (κ2) is 7.63. The van der Waals surface area contributed by atoms with Crippen LogP contribution in [0.5, 0.6) is 5.75 Å². The average molecular weight is 385 g/mol. The maximum Gasteiger partial charge on any atom is 0.258 e. The van der Waals surface area contributed by atoms with Gasteiger partial charge in [-0.05, 0) is 43.0 Å². The van der Waals surface area contributed by atoms with E-state index in [0.717, 1.165) is 35.4 Å². The summed E-state index contributed by atoms with van der Waals surface area (Å²) < 4.78 is 13.5. The smallest absolute Gasteiger partial charge is 0.258 e. The van der Waals surface area contributed by atoms with E-state index in [9.17, 15) is 4.79 Å². The molecule has 29 heavy (non-hydrogen) atoms. The maximum atomic E-state index is 12.7. The molecule has 4 aromatic rings. The standard InChI is InChI=1S/C25H23NO3/c27-25-16-20(28-17-18-7-3-1-4-8-18)13-14-26(25)19-11-12-22-21-9-5-2-6-10-23(21)29-24(22)15-19/h1,3-4,7-8,11-16H,2,5-6,9-10,17H2. The molecule has 146 valence electrons. The van der Waals surface area contributed by atoms with E-state index in [1.165, 1.54) is 36.3 Å². The van der Waals surface area contributed by atoms with Crippen LogP contribution in [0.1, 0.15) is 36.1 Å². The number of aryl methyl sites for hydroxylation is 2. The van der Waals surface area contributed by atoms with Gasteiger partial charge >= 0.3 is 0 Å². The molecule has 0 fully saturated rings. The van der Waals surface area contributed by atoms with Gasteiger partial charge in [0.15, 0.2) is 0 Å². The zero-order chi connectivity index (χ0) is 19.6. The first-order valence-electron chi connectivity index (χ1n) is 10.2. The average Bonchev–Trinajstić information content (AvgIpc) is 2.92. The summed E-state index contributed by atoms with van der Waals surface area (Å²) in [5.74, 6) is 1.69. The Bertz CT molecular complexity index is 1200. The van der Waals surface area contributed by atoms with Gasteiger partial charge in [0, 0.05) is 35.7 Å². The number of furan rings is 1. The Morgan fingerprint density at radius 3 is 2.66 bits per heavy atom. The summed E-state index contributed by atoms with van der Waals surface area (Å²) in [5, 5.41) is 1.18. The number of hydrogen-bond donors (Lipinski definition) is 0. The van der Waals surface area contributed by atoms with Crippen molar-refractivity contribution < 1.29 is 9.15 Å².